The number of aryl methyl sites for hydroxylation is 1. The zero-order valence-electron chi connectivity index (χ0n) is 15.1. The van der Waals surface area contributed by atoms with Crippen molar-refractivity contribution in [3.05, 3.63) is 42.1 Å². The number of fused-ring (bicyclic) bond motifs is 1. The van der Waals surface area contributed by atoms with Crippen molar-refractivity contribution < 1.29 is 9.59 Å². The minimum Gasteiger partial charge on any atom is -0.368 e. The third-order valence-electron chi connectivity index (χ3n) is 4.05. The molecule has 1 aromatic carbocycles. The molecule has 0 aliphatic carbocycles. The zero-order valence-corrected chi connectivity index (χ0v) is 15.1. The summed E-state index contributed by atoms with van der Waals surface area (Å²) in [7, 11) is 0. The maximum absolute atomic E-state index is 11.8. The van der Waals surface area contributed by atoms with E-state index in [1.807, 2.05) is 30.3 Å². The lowest BCUT2D eigenvalue weighted by atomic mass is 10.1. The number of carbonyl (C=O) groups is 2. The van der Waals surface area contributed by atoms with Gasteiger partial charge in [-0.25, -0.2) is 15.0 Å². The van der Waals surface area contributed by atoms with Crippen LogP contribution in [0.1, 0.15) is 31.9 Å². The summed E-state index contributed by atoms with van der Waals surface area (Å²) in [5.41, 5.74) is 10.4. The predicted molar refractivity (Wildman–Crippen MR) is 105 cm³/mol. The minimum atomic E-state index is -0.195. The van der Waals surface area contributed by atoms with Crippen LogP contribution in [0.2, 0.25) is 0 Å². The molecule has 3 rings (SSSR count). The van der Waals surface area contributed by atoms with E-state index in [9.17, 15) is 9.59 Å². The Morgan fingerprint density at radius 2 is 2.04 bits per heavy atom. The molecular weight excluding hydrogens is 342 g/mol. The van der Waals surface area contributed by atoms with E-state index in [1.165, 1.54) is 0 Å². The number of amides is 1. The van der Waals surface area contributed by atoms with E-state index in [2.05, 4.69) is 22.2 Å². The summed E-state index contributed by atoms with van der Waals surface area (Å²) in [6, 6.07) is 11.2. The molecule has 3 N–H and O–H groups in total. The number of pyridine rings is 1. The molecule has 0 fully saturated rings. The number of benzene rings is 1. The Hall–Kier alpha value is -3.35. The van der Waals surface area contributed by atoms with Crippen LogP contribution in [-0.4, -0.2) is 27.1 Å². The highest BCUT2D eigenvalue weighted by molar-refractivity contribution is 5.92. The van der Waals surface area contributed by atoms with Crippen molar-refractivity contribution in [1.82, 2.24) is 15.0 Å². The zero-order chi connectivity index (χ0) is 19.2. The summed E-state index contributed by atoms with van der Waals surface area (Å²) < 4.78 is 0. The van der Waals surface area contributed by atoms with E-state index in [0.717, 1.165) is 41.6 Å². The van der Waals surface area contributed by atoms with Gasteiger partial charge in [0, 0.05) is 24.1 Å². The van der Waals surface area contributed by atoms with Crippen molar-refractivity contribution in [1.29, 1.82) is 0 Å². The molecule has 1 amide bonds. The van der Waals surface area contributed by atoms with Gasteiger partial charge in [0.25, 0.3) is 0 Å². The SMILES string of the molecule is CCCc1nc(N)nc2ccc(-c3cccc(NC(=O)CCC=O)c3)nc12. The lowest BCUT2D eigenvalue weighted by Gasteiger charge is -2.09. The molecule has 27 heavy (non-hydrogen) atoms. The van der Waals surface area contributed by atoms with E-state index >= 15 is 0 Å². The third kappa shape index (κ3) is 4.44. The second-order valence-corrected chi connectivity index (χ2v) is 6.18. The van der Waals surface area contributed by atoms with E-state index in [-0.39, 0.29) is 24.7 Å². The normalized spacial score (nSPS) is 10.7. The van der Waals surface area contributed by atoms with Crippen molar-refractivity contribution in [3.63, 3.8) is 0 Å². The molecule has 2 heterocycles. The predicted octanol–water partition coefficient (Wildman–Crippen LogP) is 3.14. The van der Waals surface area contributed by atoms with E-state index in [0.29, 0.717) is 11.2 Å². The van der Waals surface area contributed by atoms with E-state index in [4.69, 9.17) is 10.7 Å². The van der Waals surface area contributed by atoms with Crippen LogP contribution >= 0.6 is 0 Å². The van der Waals surface area contributed by atoms with Crippen LogP contribution in [0, 0.1) is 0 Å². The number of hydrogen-bond donors (Lipinski definition) is 2. The number of anilines is 2. The van der Waals surface area contributed by atoms with Gasteiger partial charge in [0.15, 0.2) is 0 Å². The number of nitrogens with zero attached hydrogens (tertiary/aromatic N) is 3. The molecule has 0 atom stereocenters. The highest BCUT2D eigenvalue weighted by Crippen LogP contribution is 2.25. The summed E-state index contributed by atoms with van der Waals surface area (Å²) in [5, 5.41) is 2.80. The molecule has 7 heteroatoms. The second kappa shape index (κ2) is 8.35. The Kier molecular flexibility index (Phi) is 5.71. The fourth-order valence-corrected chi connectivity index (χ4v) is 2.84. The van der Waals surface area contributed by atoms with Gasteiger partial charge >= 0.3 is 0 Å². The maximum Gasteiger partial charge on any atom is 0.224 e. The molecule has 0 aliphatic heterocycles. The Balaban J connectivity index is 1.94. The molecule has 138 valence electrons. The van der Waals surface area contributed by atoms with Crippen molar-refractivity contribution in [2.24, 2.45) is 0 Å². The molecule has 0 saturated heterocycles. The number of nitrogen functional groups attached to an aromatic ring is 1. The largest absolute Gasteiger partial charge is 0.368 e. The lowest BCUT2D eigenvalue weighted by molar-refractivity contribution is -0.118. The average molecular weight is 363 g/mol. The highest BCUT2D eigenvalue weighted by Gasteiger charge is 2.10. The standard InChI is InChI=1S/C20H21N5O2/c1-2-5-16-19-17(25-20(21)24-16)10-9-15(23-19)13-6-3-7-14(12-13)22-18(27)8-4-11-26/h3,6-7,9-12H,2,4-5,8H2,1H3,(H,22,27)(H2,21,24,25). The smallest absolute Gasteiger partial charge is 0.224 e. The van der Waals surface area contributed by atoms with Gasteiger partial charge in [-0.05, 0) is 30.7 Å². The number of aldehydes is 1. The Morgan fingerprint density at radius 3 is 2.81 bits per heavy atom. The van der Waals surface area contributed by atoms with Gasteiger partial charge in [-0.2, -0.15) is 0 Å². The summed E-state index contributed by atoms with van der Waals surface area (Å²) in [4.78, 5) is 35.5. The fourth-order valence-electron chi connectivity index (χ4n) is 2.84. The van der Waals surface area contributed by atoms with Gasteiger partial charge in [-0.15, -0.1) is 0 Å². The number of rotatable bonds is 7. The van der Waals surface area contributed by atoms with Crippen molar-refractivity contribution in [2.45, 2.75) is 32.6 Å². The van der Waals surface area contributed by atoms with Gasteiger partial charge in [0.05, 0.1) is 16.9 Å². The Labute approximate surface area is 157 Å². The van der Waals surface area contributed by atoms with Gasteiger partial charge in [-0.3, -0.25) is 4.79 Å². The number of carbonyl (C=O) groups excluding carboxylic acids is 2. The quantitative estimate of drug-likeness (QED) is 0.624. The van der Waals surface area contributed by atoms with Crippen LogP contribution in [0.25, 0.3) is 22.3 Å². The number of aromatic nitrogens is 3. The summed E-state index contributed by atoms with van der Waals surface area (Å²) in [6.45, 7) is 2.07. The van der Waals surface area contributed by atoms with Gasteiger partial charge in [0.1, 0.15) is 11.8 Å². The third-order valence-corrected chi connectivity index (χ3v) is 4.05. The van der Waals surface area contributed by atoms with Crippen LogP contribution in [0.4, 0.5) is 11.6 Å². The minimum absolute atomic E-state index is 0.168. The molecule has 0 unspecified atom stereocenters. The van der Waals surface area contributed by atoms with Crippen LogP contribution < -0.4 is 11.1 Å². The number of hydrogen-bond acceptors (Lipinski definition) is 6. The molecule has 0 aliphatic rings. The van der Waals surface area contributed by atoms with Crippen molar-refractivity contribution in [2.75, 3.05) is 11.1 Å². The van der Waals surface area contributed by atoms with E-state index in [1.54, 1.807) is 6.07 Å². The molecule has 0 bridgehead atoms. The monoisotopic (exact) mass is 363 g/mol. The first-order chi connectivity index (χ1) is 13.1. The fraction of sp³-hybridized carbons (Fsp3) is 0.250. The van der Waals surface area contributed by atoms with Crippen molar-refractivity contribution in [3.8, 4) is 11.3 Å². The van der Waals surface area contributed by atoms with E-state index < -0.39 is 0 Å². The Bertz CT molecular complexity index is 987. The maximum atomic E-state index is 11.8. The highest BCUT2D eigenvalue weighted by atomic mass is 16.1. The first-order valence-corrected chi connectivity index (χ1v) is 8.87. The van der Waals surface area contributed by atoms with Crippen LogP contribution in [0.5, 0.6) is 0 Å². The molecule has 0 spiro atoms. The van der Waals surface area contributed by atoms with Crippen molar-refractivity contribution >= 4 is 34.9 Å². The molecule has 0 radical (unpaired) electrons. The van der Waals surface area contributed by atoms with Gasteiger partial charge in [0.2, 0.25) is 11.9 Å². The topological polar surface area (TPSA) is 111 Å². The molecule has 7 nitrogen and oxygen atoms in total. The van der Waals surface area contributed by atoms with Gasteiger partial charge < -0.3 is 15.8 Å². The number of nitrogens with two attached hydrogens (primary N) is 1. The first-order valence-electron chi connectivity index (χ1n) is 8.87. The van der Waals surface area contributed by atoms with Gasteiger partial charge in [-0.1, -0.05) is 25.5 Å². The summed E-state index contributed by atoms with van der Waals surface area (Å²) in [6.07, 6.45) is 2.81. The Morgan fingerprint density at radius 1 is 1.19 bits per heavy atom. The molecular formula is C20H21N5O2. The molecule has 0 saturated carbocycles. The second-order valence-electron chi connectivity index (χ2n) is 6.18. The number of nitrogens with one attached hydrogen (secondary N) is 1. The van der Waals surface area contributed by atoms with Crippen LogP contribution in [0.15, 0.2) is 36.4 Å². The lowest BCUT2D eigenvalue weighted by Crippen LogP contribution is -2.11. The van der Waals surface area contributed by atoms with Crippen LogP contribution in [0.3, 0.4) is 0 Å². The first kappa shape index (κ1) is 18.4. The molecule has 2 aromatic heterocycles. The summed E-state index contributed by atoms with van der Waals surface area (Å²) >= 11 is 0. The molecule has 3 aromatic rings. The van der Waals surface area contributed by atoms with Crippen LogP contribution in [-0.2, 0) is 16.0 Å². The summed E-state index contributed by atoms with van der Waals surface area (Å²) in [5.74, 6) is 0.0559. The average Bonchev–Trinajstić information content (AvgIpc) is 2.66.